The van der Waals surface area contributed by atoms with Gasteiger partial charge in [-0.2, -0.15) is 0 Å². The van der Waals surface area contributed by atoms with Crippen molar-refractivity contribution < 1.29 is 14.3 Å². The summed E-state index contributed by atoms with van der Waals surface area (Å²) in [5.41, 5.74) is 0. The molecule has 1 aliphatic heterocycles. The summed E-state index contributed by atoms with van der Waals surface area (Å²) in [7, 11) is 0. The molecule has 0 aromatic heterocycles. The average Bonchev–Trinajstić information content (AvgIpc) is 2.21. The van der Waals surface area contributed by atoms with Gasteiger partial charge in [0.2, 0.25) is 11.8 Å². The zero-order valence-corrected chi connectivity index (χ0v) is 9.12. The number of rotatable bonds is 5. The third-order valence-corrected chi connectivity index (χ3v) is 2.26. The van der Waals surface area contributed by atoms with Crippen LogP contribution in [0.1, 0.15) is 19.8 Å². The van der Waals surface area contributed by atoms with Crippen LogP contribution in [0.2, 0.25) is 0 Å². The normalized spacial score (nSPS) is 16.6. The smallest absolute Gasteiger partial charge is 0.248 e. The molecule has 1 heterocycles. The van der Waals surface area contributed by atoms with Gasteiger partial charge in [0.05, 0.1) is 6.61 Å². The number of morpholine rings is 1. The number of amides is 2. The Morgan fingerprint density at radius 2 is 2.40 bits per heavy atom. The second-order valence-electron chi connectivity index (χ2n) is 3.53. The Balaban J connectivity index is 2.13. The fourth-order valence-electron chi connectivity index (χ4n) is 1.43. The molecule has 0 saturated carbocycles. The standard InChI is InChI=1S/C10H18N2O3/c1-2-3-9(13)11-4-5-12-6-7-15-8-10(12)14/h2-8H2,1H3,(H,11,13). The third kappa shape index (κ3) is 4.29. The predicted octanol–water partition coefficient (Wildman–Crippen LogP) is -0.238. The van der Waals surface area contributed by atoms with Gasteiger partial charge < -0.3 is 15.0 Å². The van der Waals surface area contributed by atoms with E-state index in [1.54, 1.807) is 4.90 Å². The lowest BCUT2D eigenvalue weighted by Gasteiger charge is -2.26. The zero-order valence-electron chi connectivity index (χ0n) is 9.12. The van der Waals surface area contributed by atoms with Gasteiger partial charge in [0.1, 0.15) is 6.61 Å². The number of nitrogens with zero attached hydrogens (tertiary/aromatic N) is 1. The van der Waals surface area contributed by atoms with Gasteiger partial charge in [0.15, 0.2) is 0 Å². The molecule has 0 aliphatic carbocycles. The van der Waals surface area contributed by atoms with E-state index in [0.717, 1.165) is 6.42 Å². The van der Waals surface area contributed by atoms with Crippen LogP contribution in [0.25, 0.3) is 0 Å². The molecule has 1 saturated heterocycles. The summed E-state index contributed by atoms with van der Waals surface area (Å²) in [6.07, 6.45) is 1.40. The van der Waals surface area contributed by atoms with Crippen molar-refractivity contribution in [2.45, 2.75) is 19.8 Å². The maximum atomic E-state index is 11.3. The highest BCUT2D eigenvalue weighted by atomic mass is 16.5. The van der Waals surface area contributed by atoms with Crippen molar-refractivity contribution in [1.82, 2.24) is 10.2 Å². The van der Waals surface area contributed by atoms with Crippen molar-refractivity contribution in [2.75, 3.05) is 32.8 Å². The number of carbonyl (C=O) groups excluding carboxylic acids is 2. The fourth-order valence-corrected chi connectivity index (χ4v) is 1.43. The average molecular weight is 214 g/mol. The summed E-state index contributed by atoms with van der Waals surface area (Å²) in [5, 5.41) is 2.78. The second kappa shape index (κ2) is 6.40. The number of carbonyl (C=O) groups is 2. The number of hydrogen-bond donors (Lipinski definition) is 1. The molecule has 0 unspecified atom stereocenters. The molecule has 2 amide bonds. The van der Waals surface area contributed by atoms with E-state index in [9.17, 15) is 9.59 Å². The largest absolute Gasteiger partial charge is 0.370 e. The lowest BCUT2D eigenvalue weighted by atomic mass is 10.3. The van der Waals surface area contributed by atoms with Gasteiger partial charge in [0.25, 0.3) is 0 Å². The number of nitrogens with one attached hydrogen (secondary N) is 1. The van der Waals surface area contributed by atoms with Crippen molar-refractivity contribution >= 4 is 11.8 Å². The van der Waals surface area contributed by atoms with Crippen LogP contribution < -0.4 is 5.32 Å². The SMILES string of the molecule is CCCC(=O)NCCN1CCOCC1=O. The minimum absolute atomic E-state index is 0.00555. The Kier molecular flexibility index (Phi) is 5.10. The quantitative estimate of drug-likeness (QED) is 0.687. The molecule has 0 bridgehead atoms. The van der Waals surface area contributed by atoms with Crippen LogP contribution >= 0.6 is 0 Å². The number of hydrogen-bond acceptors (Lipinski definition) is 3. The van der Waals surface area contributed by atoms with E-state index < -0.39 is 0 Å². The van der Waals surface area contributed by atoms with Gasteiger partial charge in [0, 0.05) is 26.1 Å². The van der Waals surface area contributed by atoms with Crippen molar-refractivity contribution in [1.29, 1.82) is 0 Å². The highest BCUT2D eigenvalue weighted by molar-refractivity contribution is 5.78. The minimum atomic E-state index is 0.00555. The Morgan fingerprint density at radius 1 is 1.60 bits per heavy atom. The molecule has 1 fully saturated rings. The third-order valence-electron chi connectivity index (χ3n) is 2.26. The molecule has 1 aliphatic rings. The highest BCUT2D eigenvalue weighted by Gasteiger charge is 2.17. The van der Waals surface area contributed by atoms with Crippen LogP contribution in [0.5, 0.6) is 0 Å². The maximum absolute atomic E-state index is 11.3. The fraction of sp³-hybridized carbons (Fsp3) is 0.800. The molecule has 0 spiro atoms. The predicted molar refractivity (Wildman–Crippen MR) is 55.3 cm³/mol. The van der Waals surface area contributed by atoms with E-state index in [1.807, 2.05) is 6.92 Å². The van der Waals surface area contributed by atoms with Crippen molar-refractivity contribution in [3.05, 3.63) is 0 Å². The van der Waals surface area contributed by atoms with Crippen LogP contribution in [0.3, 0.4) is 0 Å². The number of ether oxygens (including phenoxy) is 1. The zero-order chi connectivity index (χ0) is 11.1. The van der Waals surface area contributed by atoms with E-state index in [1.165, 1.54) is 0 Å². The van der Waals surface area contributed by atoms with Crippen LogP contribution in [-0.2, 0) is 14.3 Å². The molecule has 15 heavy (non-hydrogen) atoms. The summed E-state index contributed by atoms with van der Waals surface area (Å²) in [6.45, 7) is 4.47. The molecule has 0 radical (unpaired) electrons. The maximum Gasteiger partial charge on any atom is 0.248 e. The first-order valence-corrected chi connectivity index (χ1v) is 5.36. The van der Waals surface area contributed by atoms with Crippen LogP contribution in [0, 0.1) is 0 Å². The van der Waals surface area contributed by atoms with E-state index in [4.69, 9.17) is 4.74 Å². The monoisotopic (exact) mass is 214 g/mol. The van der Waals surface area contributed by atoms with Crippen molar-refractivity contribution in [3.63, 3.8) is 0 Å². The highest BCUT2D eigenvalue weighted by Crippen LogP contribution is 1.97. The molecule has 0 aromatic carbocycles. The topological polar surface area (TPSA) is 58.6 Å². The van der Waals surface area contributed by atoms with Gasteiger partial charge in [-0.25, -0.2) is 0 Å². The first kappa shape index (κ1) is 12.0. The van der Waals surface area contributed by atoms with Gasteiger partial charge in [-0.1, -0.05) is 6.92 Å². The molecule has 5 heteroatoms. The second-order valence-corrected chi connectivity index (χ2v) is 3.53. The van der Waals surface area contributed by atoms with Gasteiger partial charge in [-0.05, 0) is 6.42 Å². The van der Waals surface area contributed by atoms with Crippen LogP contribution in [0.4, 0.5) is 0 Å². The Morgan fingerprint density at radius 3 is 3.07 bits per heavy atom. The minimum Gasteiger partial charge on any atom is -0.370 e. The lowest BCUT2D eigenvalue weighted by molar-refractivity contribution is -0.142. The van der Waals surface area contributed by atoms with Crippen molar-refractivity contribution in [3.8, 4) is 0 Å². The lowest BCUT2D eigenvalue weighted by Crippen LogP contribution is -2.45. The van der Waals surface area contributed by atoms with Gasteiger partial charge in [-0.15, -0.1) is 0 Å². The molecular formula is C10H18N2O3. The summed E-state index contributed by atoms with van der Waals surface area (Å²) >= 11 is 0. The van der Waals surface area contributed by atoms with E-state index in [2.05, 4.69) is 5.32 Å². The molecule has 5 nitrogen and oxygen atoms in total. The molecular weight excluding hydrogens is 196 g/mol. The molecule has 1 rings (SSSR count). The van der Waals surface area contributed by atoms with Gasteiger partial charge in [-0.3, -0.25) is 9.59 Å². The Hall–Kier alpha value is -1.10. The summed E-state index contributed by atoms with van der Waals surface area (Å²) < 4.78 is 5.00. The van der Waals surface area contributed by atoms with Gasteiger partial charge >= 0.3 is 0 Å². The summed E-state index contributed by atoms with van der Waals surface area (Å²) in [5.74, 6) is 0.0594. The Labute approximate surface area is 89.8 Å². The first-order valence-electron chi connectivity index (χ1n) is 5.36. The molecule has 86 valence electrons. The van der Waals surface area contributed by atoms with Crippen LogP contribution in [-0.4, -0.2) is 49.6 Å². The van der Waals surface area contributed by atoms with E-state index in [-0.39, 0.29) is 18.4 Å². The van der Waals surface area contributed by atoms with Crippen molar-refractivity contribution in [2.24, 2.45) is 0 Å². The molecule has 0 aromatic rings. The summed E-state index contributed by atoms with van der Waals surface area (Å²) in [4.78, 5) is 24.1. The summed E-state index contributed by atoms with van der Waals surface area (Å²) in [6, 6.07) is 0. The Bertz CT molecular complexity index is 231. The van der Waals surface area contributed by atoms with E-state index in [0.29, 0.717) is 32.7 Å². The van der Waals surface area contributed by atoms with Crippen LogP contribution in [0.15, 0.2) is 0 Å². The van der Waals surface area contributed by atoms with E-state index >= 15 is 0 Å². The molecule has 1 N–H and O–H groups in total. The molecule has 0 atom stereocenters. The first-order chi connectivity index (χ1) is 7.24.